The first kappa shape index (κ1) is 31.0. The van der Waals surface area contributed by atoms with Crippen LogP contribution in [0.3, 0.4) is 0 Å². The van der Waals surface area contributed by atoms with Crippen LogP contribution in [0.1, 0.15) is 68.7 Å². The monoisotopic (exact) mass is 587 g/mol. The fourth-order valence-corrected chi connectivity index (χ4v) is 11.2. The van der Waals surface area contributed by atoms with Crippen molar-refractivity contribution in [2.75, 3.05) is 6.61 Å². The van der Waals surface area contributed by atoms with Crippen molar-refractivity contribution in [1.82, 2.24) is 4.90 Å². The number of carbonyl (C=O) groups is 1. The molecular weight excluding hydrogens is 542 g/mol. The molecule has 2 aromatic carbocycles. The van der Waals surface area contributed by atoms with Gasteiger partial charge in [0.15, 0.2) is 0 Å². The zero-order valence-corrected chi connectivity index (χ0v) is 27.2. The summed E-state index contributed by atoms with van der Waals surface area (Å²) in [5.74, 6) is 0. The van der Waals surface area contributed by atoms with Crippen molar-refractivity contribution in [2.45, 2.75) is 109 Å². The highest BCUT2D eigenvalue weighted by Crippen LogP contribution is 2.54. The Morgan fingerprint density at radius 2 is 1.45 bits per heavy atom. The van der Waals surface area contributed by atoms with Gasteiger partial charge in [0.1, 0.15) is 22.8 Å². The Balaban J connectivity index is 1.61. The molecule has 1 N–H and O–H groups in total. The van der Waals surface area contributed by atoms with Gasteiger partial charge in [-0.05, 0) is 42.6 Å². The number of aliphatic hydroxyl groups excluding tert-OH is 1. The summed E-state index contributed by atoms with van der Waals surface area (Å²) in [6.45, 7) is 18.6. The lowest BCUT2D eigenvalue weighted by molar-refractivity contribution is -0.113. The minimum absolute atomic E-state index is 0.176. The third kappa shape index (κ3) is 5.48. The molecule has 0 unspecified atom stereocenters. The van der Waals surface area contributed by atoms with Gasteiger partial charge in [0.2, 0.25) is 0 Å². The molecule has 2 aromatic rings. The summed E-state index contributed by atoms with van der Waals surface area (Å²) in [7, 11) is -2.76. The van der Waals surface area contributed by atoms with E-state index >= 15 is 0 Å². The largest absolute Gasteiger partial charge is 0.444 e. The van der Waals surface area contributed by atoms with E-state index in [4.69, 9.17) is 25.5 Å². The highest BCUT2D eigenvalue weighted by Gasteiger charge is 2.71. The minimum atomic E-state index is -2.76. The number of hydrogen-bond acceptors (Lipinski definition) is 5. The van der Waals surface area contributed by atoms with E-state index in [1.807, 2.05) is 53.7 Å². The fraction of sp³-hybridized carbons (Fsp3) is 0.594. The minimum Gasteiger partial charge on any atom is -0.444 e. The molecule has 0 radical (unpaired) electrons. The molecule has 0 spiro atoms. The number of hydrogen-bond donors (Lipinski definition) is 1. The molecule has 5 atom stereocenters. The lowest BCUT2D eigenvalue weighted by Gasteiger charge is -2.53. The molecule has 4 rings (SSSR count). The van der Waals surface area contributed by atoms with E-state index in [1.54, 1.807) is 4.90 Å². The number of alkyl halides is 1. The number of ether oxygens (including phenoxy) is 2. The average Bonchev–Trinajstić information content (AvgIpc) is 3.25. The van der Waals surface area contributed by atoms with Crippen LogP contribution in [0.5, 0.6) is 0 Å². The number of halogens is 1. The first-order valence-electron chi connectivity index (χ1n) is 14.2. The first-order chi connectivity index (χ1) is 18.4. The predicted molar refractivity (Wildman–Crippen MR) is 163 cm³/mol. The van der Waals surface area contributed by atoms with Crippen molar-refractivity contribution in [3.63, 3.8) is 0 Å². The highest BCUT2D eigenvalue weighted by molar-refractivity contribution is 6.99. The number of rotatable bonds is 6. The number of amides is 1. The van der Waals surface area contributed by atoms with Gasteiger partial charge in [0.25, 0.3) is 8.32 Å². The maximum atomic E-state index is 13.3. The van der Waals surface area contributed by atoms with Gasteiger partial charge in [-0.2, -0.15) is 0 Å². The van der Waals surface area contributed by atoms with Crippen LogP contribution in [0.4, 0.5) is 4.79 Å². The Kier molecular flexibility index (Phi) is 8.33. The second-order valence-corrected chi connectivity index (χ2v) is 19.3. The molecule has 6 nitrogen and oxygen atoms in total. The third-order valence-electron chi connectivity index (χ3n) is 8.01. The van der Waals surface area contributed by atoms with Gasteiger partial charge in [-0.3, -0.25) is 4.90 Å². The normalized spacial score (nSPS) is 27.2. The van der Waals surface area contributed by atoms with Gasteiger partial charge >= 0.3 is 6.09 Å². The summed E-state index contributed by atoms with van der Waals surface area (Å²) in [6.07, 6.45) is -2.22. The second-order valence-electron chi connectivity index (χ2n) is 14.3. The van der Waals surface area contributed by atoms with Crippen LogP contribution in [-0.4, -0.2) is 66.0 Å². The van der Waals surface area contributed by atoms with Gasteiger partial charge in [-0.1, -0.05) is 102 Å². The van der Waals surface area contributed by atoms with E-state index in [9.17, 15) is 9.90 Å². The van der Waals surface area contributed by atoms with E-state index in [2.05, 4.69) is 69.3 Å². The van der Waals surface area contributed by atoms with Crippen molar-refractivity contribution in [3.8, 4) is 0 Å². The van der Waals surface area contributed by atoms with Crippen LogP contribution in [0.15, 0.2) is 60.7 Å². The van der Waals surface area contributed by atoms with Gasteiger partial charge < -0.3 is 19.0 Å². The van der Waals surface area contributed by atoms with Crippen LogP contribution >= 0.6 is 11.6 Å². The smallest absolute Gasteiger partial charge is 0.412 e. The molecule has 0 bridgehead atoms. The molecule has 220 valence electrons. The van der Waals surface area contributed by atoms with Crippen molar-refractivity contribution in [3.05, 3.63) is 60.7 Å². The molecule has 1 amide bonds. The summed E-state index contributed by atoms with van der Waals surface area (Å²) in [4.78, 5) is 13.8. The molecule has 0 aromatic heterocycles. The lowest BCUT2D eigenvalue weighted by Crippen LogP contribution is -2.73. The van der Waals surface area contributed by atoms with E-state index < -0.39 is 54.8 Å². The average molecular weight is 588 g/mol. The number of benzene rings is 2. The molecule has 8 heteroatoms. The number of carbonyl (C=O) groups excluding carboxylic acids is 1. The molecule has 2 aliphatic rings. The molecule has 1 aliphatic carbocycles. The zero-order chi connectivity index (χ0) is 29.7. The fourth-order valence-electron chi connectivity index (χ4n) is 6.20. The van der Waals surface area contributed by atoms with E-state index in [-0.39, 0.29) is 5.04 Å². The number of fused-ring (bicyclic) bond motifs is 1. The van der Waals surface area contributed by atoms with Gasteiger partial charge in [-0.25, -0.2) is 4.79 Å². The summed E-state index contributed by atoms with van der Waals surface area (Å²) in [6, 6.07) is 20.3. The van der Waals surface area contributed by atoms with Gasteiger partial charge in [0.05, 0.1) is 12.1 Å². The van der Waals surface area contributed by atoms with E-state index in [0.29, 0.717) is 13.0 Å². The quantitative estimate of drug-likeness (QED) is 0.348. The topological polar surface area (TPSA) is 68.2 Å². The van der Waals surface area contributed by atoms with Gasteiger partial charge in [-0.15, -0.1) is 11.6 Å². The standard InChI is InChI=1S/C32H46ClNO5Si/c1-29(2,3)27-34(28(36)39-30(4,5)6)24-25(35)32(33,26(24)38-27)20-21-37-40(31(7,8)9,22-16-12-10-13-17-22)23-18-14-11-15-19-23/h10-19,24-27,35H,20-21H2,1-9H3/t24-,25-,26-,27+,32-/m0/s1. The number of aliphatic hydroxyl groups is 1. The summed E-state index contributed by atoms with van der Waals surface area (Å²) in [5.41, 5.74) is -1.08. The molecular formula is C32H46ClNO5Si. The summed E-state index contributed by atoms with van der Waals surface area (Å²) >= 11 is 7.19. The third-order valence-corrected chi connectivity index (χ3v) is 13.7. The Hall–Kier alpha value is -1.90. The number of nitrogens with zero attached hydrogens (tertiary/aromatic N) is 1. The molecule has 2 fully saturated rings. The van der Waals surface area contributed by atoms with Crippen LogP contribution in [-0.2, 0) is 13.9 Å². The maximum Gasteiger partial charge on any atom is 0.412 e. The van der Waals surface area contributed by atoms with Crippen molar-refractivity contribution in [2.24, 2.45) is 5.41 Å². The highest BCUT2D eigenvalue weighted by atomic mass is 35.5. The van der Waals surface area contributed by atoms with Crippen LogP contribution in [0.2, 0.25) is 5.04 Å². The summed E-state index contributed by atoms with van der Waals surface area (Å²) < 4.78 is 19.2. The van der Waals surface area contributed by atoms with Crippen LogP contribution < -0.4 is 10.4 Å². The Bertz CT molecular complexity index is 1130. The van der Waals surface area contributed by atoms with E-state index in [1.165, 1.54) is 10.4 Å². The van der Waals surface area contributed by atoms with Crippen molar-refractivity contribution in [1.29, 1.82) is 0 Å². The summed E-state index contributed by atoms with van der Waals surface area (Å²) in [5, 5.41) is 13.7. The molecule has 1 saturated heterocycles. The second kappa shape index (κ2) is 10.7. The Morgan fingerprint density at radius 1 is 0.950 bits per heavy atom. The first-order valence-corrected chi connectivity index (χ1v) is 16.5. The Labute approximate surface area is 246 Å². The molecule has 1 saturated carbocycles. The molecule has 1 aliphatic heterocycles. The molecule has 40 heavy (non-hydrogen) atoms. The lowest BCUT2D eigenvalue weighted by atomic mass is 9.71. The zero-order valence-electron chi connectivity index (χ0n) is 25.4. The van der Waals surface area contributed by atoms with Crippen molar-refractivity contribution >= 4 is 36.4 Å². The Morgan fingerprint density at radius 3 is 1.88 bits per heavy atom. The maximum absolute atomic E-state index is 13.3. The predicted octanol–water partition coefficient (Wildman–Crippen LogP) is 5.68. The molecule has 1 heterocycles. The van der Waals surface area contributed by atoms with Crippen LogP contribution in [0, 0.1) is 5.41 Å². The van der Waals surface area contributed by atoms with E-state index in [0.717, 1.165) is 0 Å². The van der Waals surface area contributed by atoms with Gasteiger partial charge in [0, 0.05) is 12.0 Å². The SMILES string of the molecule is CC(C)(C)OC(=O)N1[C@H]2[C@H](O)[C@@](Cl)(CCO[Si](c3ccccc3)(c3ccccc3)C(C)(C)C)[C@H]2O[C@@H]1C(C)(C)C. The van der Waals surface area contributed by atoms with Crippen LogP contribution in [0.25, 0.3) is 0 Å². The van der Waals surface area contributed by atoms with Crippen molar-refractivity contribution < 1.29 is 23.8 Å².